The largest absolute Gasteiger partial charge is 0.494 e. The molecule has 2 rings (SSSR count). The maximum Gasteiger partial charge on any atom is 0.241 e. The van der Waals surface area contributed by atoms with E-state index in [1.54, 1.807) is 30.9 Å². The zero-order chi connectivity index (χ0) is 18.6. The number of aryl methyl sites for hydroxylation is 2. The number of hydrogen-bond donors (Lipinski definition) is 1. The molecule has 1 aromatic rings. The van der Waals surface area contributed by atoms with Gasteiger partial charge < -0.3 is 9.64 Å². The molecular weight excluding hydrogens is 340 g/mol. The molecule has 1 aliphatic rings. The molecule has 1 aromatic carbocycles. The van der Waals surface area contributed by atoms with Gasteiger partial charge in [0, 0.05) is 13.1 Å². The molecule has 1 fully saturated rings. The third-order valence-corrected chi connectivity index (χ3v) is 6.11. The normalized spacial score (nSPS) is 16.6. The van der Waals surface area contributed by atoms with Crippen molar-refractivity contribution in [3.63, 3.8) is 0 Å². The average Bonchev–Trinajstić information content (AvgIpc) is 2.57. The highest BCUT2D eigenvalue weighted by molar-refractivity contribution is 7.89. The minimum atomic E-state index is -3.78. The Hall–Kier alpha value is -1.60. The molecule has 25 heavy (non-hydrogen) atoms. The van der Waals surface area contributed by atoms with Gasteiger partial charge in [-0.25, -0.2) is 8.42 Å². The van der Waals surface area contributed by atoms with Gasteiger partial charge in [0.05, 0.1) is 17.5 Å². The number of carbonyl (C=O) groups is 1. The van der Waals surface area contributed by atoms with Crippen LogP contribution in [0.15, 0.2) is 17.0 Å². The second kappa shape index (κ2) is 8.19. The molecule has 1 atom stereocenters. The minimum Gasteiger partial charge on any atom is -0.494 e. The van der Waals surface area contributed by atoms with Gasteiger partial charge in [0.25, 0.3) is 0 Å². The van der Waals surface area contributed by atoms with Gasteiger partial charge in [0.1, 0.15) is 5.75 Å². The number of piperidine rings is 1. The first kappa shape index (κ1) is 19.7. The Morgan fingerprint density at radius 1 is 1.20 bits per heavy atom. The Labute approximate surface area is 150 Å². The number of hydrogen-bond acceptors (Lipinski definition) is 4. The molecule has 1 amide bonds. The van der Waals surface area contributed by atoms with Crippen molar-refractivity contribution >= 4 is 15.9 Å². The molecule has 0 spiro atoms. The second-order valence-corrected chi connectivity index (χ2v) is 8.23. The monoisotopic (exact) mass is 368 g/mol. The fourth-order valence-corrected chi connectivity index (χ4v) is 4.61. The van der Waals surface area contributed by atoms with Crippen molar-refractivity contribution < 1.29 is 17.9 Å². The number of carbonyl (C=O) groups excluding carboxylic acids is 1. The fraction of sp³-hybridized carbons (Fsp3) is 0.611. The van der Waals surface area contributed by atoms with Crippen LogP contribution in [0.5, 0.6) is 5.75 Å². The van der Waals surface area contributed by atoms with E-state index in [4.69, 9.17) is 4.74 Å². The average molecular weight is 368 g/mol. The standard InChI is InChI=1S/C18H28N2O4S/c1-5-24-16-11-14(3)17(12-13(16)2)25(22,23)19-15(4)18(21)20-9-7-6-8-10-20/h11-12,15,19H,5-10H2,1-4H3/t15-/m0/s1. The summed E-state index contributed by atoms with van der Waals surface area (Å²) in [5.41, 5.74) is 1.35. The van der Waals surface area contributed by atoms with E-state index in [1.807, 2.05) is 13.8 Å². The van der Waals surface area contributed by atoms with E-state index in [0.717, 1.165) is 24.8 Å². The molecule has 0 aromatic heterocycles. The van der Waals surface area contributed by atoms with Gasteiger partial charge in [-0.2, -0.15) is 4.72 Å². The molecule has 0 unspecified atom stereocenters. The van der Waals surface area contributed by atoms with Crippen LogP contribution in [0.25, 0.3) is 0 Å². The highest BCUT2D eigenvalue weighted by Crippen LogP contribution is 2.26. The minimum absolute atomic E-state index is 0.163. The summed E-state index contributed by atoms with van der Waals surface area (Å²) >= 11 is 0. The Balaban J connectivity index is 2.18. The van der Waals surface area contributed by atoms with Crippen molar-refractivity contribution in [2.45, 2.75) is 57.9 Å². The van der Waals surface area contributed by atoms with Gasteiger partial charge in [0.2, 0.25) is 15.9 Å². The van der Waals surface area contributed by atoms with Crippen molar-refractivity contribution in [2.24, 2.45) is 0 Å². The number of ether oxygens (including phenoxy) is 1. The van der Waals surface area contributed by atoms with Gasteiger partial charge in [0.15, 0.2) is 0 Å². The second-order valence-electron chi connectivity index (χ2n) is 6.55. The Morgan fingerprint density at radius 3 is 2.44 bits per heavy atom. The van der Waals surface area contributed by atoms with Crippen LogP contribution in [-0.4, -0.2) is 45.0 Å². The summed E-state index contributed by atoms with van der Waals surface area (Å²) in [6, 6.07) is 2.54. The number of nitrogens with zero attached hydrogens (tertiary/aromatic N) is 1. The molecule has 1 N–H and O–H groups in total. The predicted octanol–water partition coefficient (Wildman–Crippen LogP) is 2.38. The first-order valence-corrected chi connectivity index (χ1v) is 10.3. The Morgan fingerprint density at radius 2 is 1.84 bits per heavy atom. The SMILES string of the molecule is CCOc1cc(C)c(S(=O)(=O)N[C@@H](C)C(=O)N2CCCCC2)cc1C. The lowest BCUT2D eigenvalue weighted by Crippen LogP contribution is -2.48. The van der Waals surface area contributed by atoms with E-state index in [0.29, 0.717) is 31.0 Å². The predicted molar refractivity (Wildman–Crippen MR) is 97.3 cm³/mol. The molecule has 0 radical (unpaired) electrons. The molecule has 1 saturated heterocycles. The number of benzene rings is 1. The topological polar surface area (TPSA) is 75.7 Å². The third-order valence-electron chi connectivity index (χ3n) is 4.43. The molecule has 1 aliphatic heterocycles. The van der Waals surface area contributed by atoms with E-state index in [-0.39, 0.29) is 10.8 Å². The fourth-order valence-electron chi connectivity index (χ4n) is 3.10. The maximum absolute atomic E-state index is 12.7. The van der Waals surface area contributed by atoms with Crippen LogP contribution in [0.3, 0.4) is 0 Å². The molecule has 0 aliphatic carbocycles. The number of likely N-dealkylation sites (tertiary alicyclic amines) is 1. The van der Waals surface area contributed by atoms with Gasteiger partial charge in [-0.3, -0.25) is 4.79 Å². The van der Waals surface area contributed by atoms with E-state index in [9.17, 15) is 13.2 Å². The van der Waals surface area contributed by atoms with Crippen molar-refractivity contribution in [3.05, 3.63) is 23.3 Å². The van der Waals surface area contributed by atoms with Crippen LogP contribution >= 0.6 is 0 Å². The zero-order valence-corrected chi connectivity index (χ0v) is 16.3. The highest BCUT2D eigenvalue weighted by atomic mass is 32.2. The Kier molecular flexibility index (Phi) is 6.46. The van der Waals surface area contributed by atoms with Crippen molar-refractivity contribution in [1.82, 2.24) is 9.62 Å². The van der Waals surface area contributed by atoms with E-state index >= 15 is 0 Å². The number of nitrogens with one attached hydrogen (secondary N) is 1. The quantitative estimate of drug-likeness (QED) is 0.836. The van der Waals surface area contributed by atoms with E-state index in [2.05, 4.69) is 4.72 Å². The van der Waals surface area contributed by atoms with Crippen molar-refractivity contribution in [2.75, 3.05) is 19.7 Å². The van der Waals surface area contributed by atoms with Gasteiger partial charge >= 0.3 is 0 Å². The summed E-state index contributed by atoms with van der Waals surface area (Å²) in [7, 11) is -3.78. The molecule has 6 nitrogen and oxygen atoms in total. The van der Waals surface area contributed by atoms with E-state index < -0.39 is 16.1 Å². The Bertz CT molecular complexity index is 725. The van der Waals surface area contributed by atoms with Crippen LogP contribution in [0.1, 0.15) is 44.2 Å². The molecule has 0 bridgehead atoms. The first-order valence-electron chi connectivity index (χ1n) is 8.81. The third kappa shape index (κ3) is 4.73. The zero-order valence-electron chi connectivity index (χ0n) is 15.5. The van der Waals surface area contributed by atoms with Gasteiger partial charge in [-0.15, -0.1) is 0 Å². The smallest absolute Gasteiger partial charge is 0.241 e. The number of amides is 1. The lowest BCUT2D eigenvalue weighted by Gasteiger charge is -2.29. The summed E-state index contributed by atoms with van der Waals surface area (Å²) in [5, 5.41) is 0. The van der Waals surface area contributed by atoms with Crippen LogP contribution in [0.4, 0.5) is 0 Å². The maximum atomic E-state index is 12.7. The lowest BCUT2D eigenvalue weighted by molar-refractivity contribution is -0.133. The summed E-state index contributed by atoms with van der Waals surface area (Å²) in [6.45, 7) is 8.95. The van der Waals surface area contributed by atoms with Crippen LogP contribution in [0, 0.1) is 13.8 Å². The first-order chi connectivity index (χ1) is 11.8. The molecular formula is C18H28N2O4S. The van der Waals surface area contributed by atoms with E-state index in [1.165, 1.54) is 0 Å². The molecule has 1 heterocycles. The van der Waals surface area contributed by atoms with Crippen LogP contribution in [-0.2, 0) is 14.8 Å². The summed E-state index contributed by atoms with van der Waals surface area (Å²) < 4.78 is 33.5. The molecule has 7 heteroatoms. The number of sulfonamides is 1. The highest BCUT2D eigenvalue weighted by Gasteiger charge is 2.28. The molecule has 0 saturated carbocycles. The lowest BCUT2D eigenvalue weighted by atomic mass is 10.1. The van der Waals surface area contributed by atoms with Gasteiger partial charge in [-0.05, 0) is 70.2 Å². The van der Waals surface area contributed by atoms with Crippen molar-refractivity contribution in [1.29, 1.82) is 0 Å². The van der Waals surface area contributed by atoms with Gasteiger partial charge in [-0.1, -0.05) is 0 Å². The van der Waals surface area contributed by atoms with Crippen molar-refractivity contribution in [3.8, 4) is 5.75 Å². The number of rotatable bonds is 6. The summed E-state index contributed by atoms with van der Waals surface area (Å²) in [6.07, 6.45) is 3.07. The van der Waals surface area contributed by atoms with Crippen LogP contribution in [0.2, 0.25) is 0 Å². The summed E-state index contributed by atoms with van der Waals surface area (Å²) in [4.78, 5) is 14.4. The molecule has 140 valence electrons. The summed E-state index contributed by atoms with van der Waals surface area (Å²) in [5.74, 6) is 0.514. The van der Waals surface area contributed by atoms with Crippen LogP contribution < -0.4 is 9.46 Å².